The number of alkyl halides is 1. The van der Waals surface area contributed by atoms with E-state index >= 15 is 0 Å². The van der Waals surface area contributed by atoms with Gasteiger partial charge in [0.2, 0.25) is 0 Å². The van der Waals surface area contributed by atoms with E-state index in [4.69, 9.17) is 4.74 Å². The van der Waals surface area contributed by atoms with Crippen molar-refractivity contribution in [1.29, 1.82) is 0 Å². The highest BCUT2D eigenvalue weighted by molar-refractivity contribution is 5.46. The average molecular weight is 200 g/mol. The van der Waals surface area contributed by atoms with Gasteiger partial charge in [-0.15, -0.1) is 0 Å². The van der Waals surface area contributed by atoms with Crippen molar-refractivity contribution in [3.05, 3.63) is 23.8 Å². The number of rotatable bonds is 4. The van der Waals surface area contributed by atoms with E-state index in [1.165, 1.54) is 6.07 Å². The number of hydrogen-bond donors (Lipinski definition) is 2. The van der Waals surface area contributed by atoms with E-state index in [0.717, 1.165) is 0 Å². The molecule has 2 N–H and O–H groups in total. The molecule has 0 heterocycles. The number of aromatic hydroxyl groups is 1. The molecule has 0 aromatic heterocycles. The smallest absolute Gasteiger partial charge is 0.163 e. The van der Waals surface area contributed by atoms with Crippen molar-refractivity contribution in [2.24, 2.45) is 0 Å². The molecule has 0 aliphatic carbocycles. The Morgan fingerprint density at radius 3 is 2.79 bits per heavy atom. The summed E-state index contributed by atoms with van der Waals surface area (Å²) in [5.41, 5.74) is 0.151. The van der Waals surface area contributed by atoms with Crippen molar-refractivity contribution in [2.45, 2.75) is 13.0 Å². The lowest BCUT2D eigenvalue weighted by molar-refractivity contribution is 0.138. The van der Waals surface area contributed by atoms with E-state index < -0.39 is 12.8 Å². The molecule has 0 aliphatic rings. The minimum absolute atomic E-state index is 0.151. The Bertz CT molecular complexity index is 301. The summed E-state index contributed by atoms with van der Waals surface area (Å²) in [6.07, 6.45) is -1.30. The molecule has 4 heteroatoms. The molecule has 0 aliphatic heterocycles. The summed E-state index contributed by atoms with van der Waals surface area (Å²) < 4.78 is 17.3. The number of ether oxygens (including phenoxy) is 1. The third-order valence-corrected chi connectivity index (χ3v) is 1.84. The predicted molar refractivity (Wildman–Crippen MR) is 50.2 cm³/mol. The van der Waals surface area contributed by atoms with Crippen LogP contribution in [0, 0.1) is 0 Å². The fourth-order valence-electron chi connectivity index (χ4n) is 1.16. The summed E-state index contributed by atoms with van der Waals surface area (Å²) in [5.74, 6) is 0.0667. The van der Waals surface area contributed by atoms with Gasteiger partial charge < -0.3 is 14.9 Å². The fourth-order valence-corrected chi connectivity index (χ4v) is 1.16. The molecule has 3 nitrogen and oxygen atoms in total. The molecule has 0 saturated heterocycles. The lowest BCUT2D eigenvalue weighted by Gasteiger charge is -2.12. The second-order valence-electron chi connectivity index (χ2n) is 2.80. The van der Waals surface area contributed by atoms with Crippen LogP contribution in [-0.2, 0) is 0 Å². The molecule has 78 valence electrons. The molecule has 1 unspecified atom stereocenters. The monoisotopic (exact) mass is 200 g/mol. The van der Waals surface area contributed by atoms with E-state index in [1.807, 2.05) is 0 Å². The lowest BCUT2D eigenvalue weighted by Crippen LogP contribution is -2.01. The minimum atomic E-state index is -1.30. The number of aliphatic hydroxyl groups excluding tert-OH is 1. The van der Waals surface area contributed by atoms with E-state index in [9.17, 15) is 14.6 Å². The standard InChI is InChI=1S/C10H13FO3/c1-2-14-9-5-3-4-7(10(9)13)8(12)6-11/h3-5,8,12-13H,2,6H2,1H3. The van der Waals surface area contributed by atoms with Crippen LogP contribution in [0.2, 0.25) is 0 Å². The van der Waals surface area contributed by atoms with Crippen LogP contribution >= 0.6 is 0 Å². The maximum Gasteiger partial charge on any atom is 0.163 e. The molecule has 14 heavy (non-hydrogen) atoms. The van der Waals surface area contributed by atoms with Crippen LogP contribution in [0.25, 0.3) is 0 Å². The first-order valence-electron chi connectivity index (χ1n) is 4.39. The summed E-state index contributed by atoms with van der Waals surface area (Å²) in [6, 6.07) is 4.62. The quantitative estimate of drug-likeness (QED) is 0.779. The van der Waals surface area contributed by atoms with Crippen LogP contribution in [0.4, 0.5) is 4.39 Å². The second kappa shape index (κ2) is 4.81. The van der Waals surface area contributed by atoms with Crippen molar-refractivity contribution in [2.75, 3.05) is 13.3 Å². The van der Waals surface area contributed by atoms with E-state index in [1.54, 1.807) is 19.1 Å². The highest BCUT2D eigenvalue weighted by atomic mass is 19.1. The Balaban J connectivity index is 3.00. The number of hydrogen-bond acceptors (Lipinski definition) is 3. The highest BCUT2D eigenvalue weighted by Crippen LogP contribution is 2.33. The molecule has 0 saturated carbocycles. The van der Waals surface area contributed by atoms with Gasteiger partial charge in [-0.1, -0.05) is 12.1 Å². The Morgan fingerprint density at radius 2 is 2.21 bits per heavy atom. The molecule has 0 fully saturated rings. The minimum Gasteiger partial charge on any atom is -0.504 e. The molecule has 1 aromatic carbocycles. The predicted octanol–water partition coefficient (Wildman–Crippen LogP) is 1.79. The Kier molecular flexibility index (Phi) is 3.71. The maximum atomic E-state index is 12.2. The zero-order valence-electron chi connectivity index (χ0n) is 7.90. The van der Waals surface area contributed by atoms with Crippen molar-refractivity contribution in [1.82, 2.24) is 0 Å². The average Bonchev–Trinajstić information content (AvgIpc) is 2.20. The number of benzene rings is 1. The summed E-state index contributed by atoms with van der Waals surface area (Å²) in [4.78, 5) is 0. The van der Waals surface area contributed by atoms with Crippen LogP contribution in [0.1, 0.15) is 18.6 Å². The van der Waals surface area contributed by atoms with Crippen LogP contribution < -0.4 is 4.74 Å². The van der Waals surface area contributed by atoms with E-state index in [0.29, 0.717) is 6.61 Å². The largest absolute Gasteiger partial charge is 0.504 e. The molecule has 0 spiro atoms. The van der Waals surface area contributed by atoms with Crippen molar-refractivity contribution in [3.63, 3.8) is 0 Å². The normalized spacial score (nSPS) is 12.5. The molecule has 0 bridgehead atoms. The van der Waals surface area contributed by atoms with Crippen LogP contribution in [0.3, 0.4) is 0 Å². The summed E-state index contributed by atoms with van der Waals surface area (Å²) in [6.45, 7) is 1.25. The van der Waals surface area contributed by atoms with Gasteiger partial charge in [-0.25, -0.2) is 4.39 Å². The first kappa shape index (κ1) is 10.8. The van der Waals surface area contributed by atoms with Gasteiger partial charge in [-0.3, -0.25) is 0 Å². The van der Waals surface area contributed by atoms with Crippen LogP contribution in [-0.4, -0.2) is 23.5 Å². The lowest BCUT2D eigenvalue weighted by atomic mass is 10.1. The first-order chi connectivity index (χ1) is 6.70. The summed E-state index contributed by atoms with van der Waals surface area (Å²) in [5, 5.41) is 18.8. The van der Waals surface area contributed by atoms with Crippen LogP contribution in [0.15, 0.2) is 18.2 Å². The van der Waals surface area contributed by atoms with Gasteiger partial charge in [0.25, 0.3) is 0 Å². The number of aliphatic hydroxyl groups is 1. The van der Waals surface area contributed by atoms with Gasteiger partial charge in [0.15, 0.2) is 11.5 Å². The van der Waals surface area contributed by atoms with Gasteiger partial charge in [0.1, 0.15) is 12.8 Å². The third-order valence-electron chi connectivity index (χ3n) is 1.84. The molecule has 1 rings (SSSR count). The third kappa shape index (κ3) is 2.14. The summed E-state index contributed by atoms with van der Waals surface area (Å²) in [7, 11) is 0. The Morgan fingerprint density at radius 1 is 1.50 bits per heavy atom. The summed E-state index contributed by atoms with van der Waals surface area (Å²) >= 11 is 0. The first-order valence-corrected chi connectivity index (χ1v) is 4.39. The molecule has 0 amide bonds. The van der Waals surface area contributed by atoms with Gasteiger partial charge in [0.05, 0.1) is 6.61 Å². The number of phenolic OH excluding ortho intramolecular Hbond substituents is 1. The van der Waals surface area contributed by atoms with Crippen molar-refractivity contribution >= 4 is 0 Å². The molecule has 1 aromatic rings. The maximum absolute atomic E-state index is 12.2. The van der Waals surface area contributed by atoms with Gasteiger partial charge in [0, 0.05) is 5.56 Å². The van der Waals surface area contributed by atoms with Gasteiger partial charge in [-0.05, 0) is 13.0 Å². The van der Waals surface area contributed by atoms with Gasteiger partial charge >= 0.3 is 0 Å². The highest BCUT2D eigenvalue weighted by Gasteiger charge is 2.14. The van der Waals surface area contributed by atoms with Gasteiger partial charge in [-0.2, -0.15) is 0 Å². The zero-order chi connectivity index (χ0) is 10.6. The zero-order valence-corrected chi connectivity index (χ0v) is 7.90. The number of halogens is 1. The topological polar surface area (TPSA) is 49.7 Å². The van der Waals surface area contributed by atoms with Crippen molar-refractivity contribution in [3.8, 4) is 11.5 Å². The van der Waals surface area contributed by atoms with E-state index in [-0.39, 0.29) is 17.1 Å². The molecule has 1 atom stereocenters. The van der Waals surface area contributed by atoms with E-state index in [2.05, 4.69) is 0 Å². The molecular weight excluding hydrogens is 187 g/mol. The Hall–Kier alpha value is -1.29. The molecular formula is C10H13FO3. The number of phenols is 1. The fraction of sp³-hybridized carbons (Fsp3) is 0.400. The Labute approximate surface area is 81.8 Å². The van der Waals surface area contributed by atoms with Crippen LogP contribution in [0.5, 0.6) is 11.5 Å². The number of para-hydroxylation sites is 1. The van der Waals surface area contributed by atoms with Crippen molar-refractivity contribution < 1.29 is 19.3 Å². The SMILES string of the molecule is CCOc1cccc(C(O)CF)c1O. The molecule has 0 radical (unpaired) electrons. The second-order valence-corrected chi connectivity index (χ2v) is 2.80.